The molecule has 1 amide bonds. The molecule has 0 spiro atoms. The third-order valence-corrected chi connectivity index (χ3v) is 9.43. The first-order chi connectivity index (χ1) is 14.5. The topological polar surface area (TPSA) is 57.7 Å². The number of sulfonamides is 1. The Morgan fingerprint density at radius 3 is 2.60 bits per heavy atom. The average Bonchev–Trinajstić information content (AvgIpc) is 3.45. The van der Waals surface area contributed by atoms with Crippen LogP contribution in [-0.4, -0.2) is 43.2 Å². The van der Waals surface area contributed by atoms with Gasteiger partial charge in [0.1, 0.15) is 0 Å². The van der Waals surface area contributed by atoms with Gasteiger partial charge in [-0.15, -0.1) is 22.7 Å². The summed E-state index contributed by atoms with van der Waals surface area (Å²) in [5.41, 5.74) is 1.58. The summed E-state index contributed by atoms with van der Waals surface area (Å²) >= 11 is 3.37. The molecule has 0 radical (unpaired) electrons. The molecule has 30 heavy (non-hydrogen) atoms. The second kappa shape index (κ2) is 8.63. The van der Waals surface area contributed by atoms with E-state index in [4.69, 9.17) is 0 Å². The van der Waals surface area contributed by atoms with E-state index in [-0.39, 0.29) is 16.8 Å². The standard InChI is InChI=1S/C22H24N2O3S3/c1-3-23(4-2)30(26,27)17-8-5-7-16(15-17)22(25)24-12-10-19-18(11-14-29-19)21(24)20-9-6-13-28-20/h5-9,11,13-15,21H,3-4,10,12H2,1-2H3/t21-/m1/s1. The summed E-state index contributed by atoms with van der Waals surface area (Å²) in [5.74, 6) is -0.137. The van der Waals surface area contributed by atoms with Gasteiger partial charge < -0.3 is 4.90 Å². The van der Waals surface area contributed by atoms with E-state index in [9.17, 15) is 13.2 Å². The molecule has 1 atom stereocenters. The Morgan fingerprint density at radius 1 is 1.10 bits per heavy atom. The lowest BCUT2D eigenvalue weighted by Gasteiger charge is -2.35. The number of thiophene rings is 2. The minimum absolute atomic E-state index is 0.129. The Kier molecular flexibility index (Phi) is 6.11. The molecule has 1 aliphatic rings. The molecule has 8 heteroatoms. The Hall–Kier alpha value is -2.00. The molecule has 0 bridgehead atoms. The van der Waals surface area contributed by atoms with Gasteiger partial charge in [0.2, 0.25) is 10.0 Å². The lowest BCUT2D eigenvalue weighted by atomic mass is 9.97. The minimum atomic E-state index is -3.62. The summed E-state index contributed by atoms with van der Waals surface area (Å²) in [4.78, 5) is 18.0. The predicted molar refractivity (Wildman–Crippen MR) is 122 cm³/mol. The molecule has 1 aliphatic heterocycles. The van der Waals surface area contributed by atoms with Crippen LogP contribution in [0.1, 0.15) is 45.6 Å². The van der Waals surface area contributed by atoms with E-state index in [2.05, 4.69) is 17.5 Å². The minimum Gasteiger partial charge on any atom is -0.326 e. The van der Waals surface area contributed by atoms with Gasteiger partial charge in [-0.05, 0) is 53.1 Å². The zero-order valence-electron chi connectivity index (χ0n) is 16.9. The molecule has 0 fully saturated rings. The molecule has 5 nitrogen and oxygen atoms in total. The highest BCUT2D eigenvalue weighted by Gasteiger charge is 2.34. The van der Waals surface area contributed by atoms with Crippen molar-refractivity contribution in [1.82, 2.24) is 9.21 Å². The predicted octanol–water partition coefficient (Wildman–Crippen LogP) is 4.63. The molecule has 3 aromatic rings. The van der Waals surface area contributed by atoms with Crippen molar-refractivity contribution in [3.8, 4) is 0 Å². The van der Waals surface area contributed by atoms with Gasteiger partial charge in [0.25, 0.3) is 5.91 Å². The summed E-state index contributed by atoms with van der Waals surface area (Å²) < 4.78 is 27.3. The van der Waals surface area contributed by atoms with Crippen LogP contribution in [0.4, 0.5) is 0 Å². The highest BCUT2D eigenvalue weighted by molar-refractivity contribution is 7.89. The van der Waals surface area contributed by atoms with Crippen LogP contribution in [0.5, 0.6) is 0 Å². The van der Waals surface area contributed by atoms with Gasteiger partial charge >= 0.3 is 0 Å². The second-order valence-corrected chi connectivity index (χ2v) is 11.0. The number of benzene rings is 1. The van der Waals surface area contributed by atoms with Gasteiger partial charge in [-0.3, -0.25) is 4.79 Å². The Bertz CT molecular complexity index is 1130. The Balaban J connectivity index is 1.71. The van der Waals surface area contributed by atoms with Gasteiger partial charge in [-0.25, -0.2) is 8.42 Å². The van der Waals surface area contributed by atoms with E-state index in [1.807, 2.05) is 30.2 Å². The fraction of sp³-hybridized carbons (Fsp3) is 0.318. The van der Waals surface area contributed by atoms with Crippen molar-refractivity contribution in [2.45, 2.75) is 31.2 Å². The largest absolute Gasteiger partial charge is 0.326 e. The smallest absolute Gasteiger partial charge is 0.254 e. The number of carbonyl (C=O) groups is 1. The van der Waals surface area contributed by atoms with Crippen molar-refractivity contribution in [2.75, 3.05) is 19.6 Å². The maximum absolute atomic E-state index is 13.6. The molecule has 0 saturated carbocycles. The monoisotopic (exact) mass is 460 g/mol. The van der Waals surface area contributed by atoms with Crippen molar-refractivity contribution in [1.29, 1.82) is 0 Å². The molecular formula is C22H24N2O3S3. The van der Waals surface area contributed by atoms with E-state index in [0.29, 0.717) is 25.2 Å². The van der Waals surface area contributed by atoms with Gasteiger partial charge in [0.15, 0.2) is 0 Å². The lowest BCUT2D eigenvalue weighted by Crippen LogP contribution is -2.40. The normalized spacial score (nSPS) is 16.6. The maximum Gasteiger partial charge on any atom is 0.254 e. The van der Waals surface area contributed by atoms with Gasteiger partial charge in [0.05, 0.1) is 10.9 Å². The van der Waals surface area contributed by atoms with E-state index in [1.165, 1.54) is 20.8 Å². The first-order valence-electron chi connectivity index (χ1n) is 9.98. The molecule has 158 valence electrons. The van der Waals surface area contributed by atoms with Crippen LogP contribution in [0.2, 0.25) is 0 Å². The highest BCUT2D eigenvalue weighted by atomic mass is 32.2. The number of carbonyl (C=O) groups excluding carboxylic acids is 1. The van der Waals surface area contributed by atoms with E-state index < -0.39 is 10.0 Å². The van der Waals surface area contributed by atoms with Gasteiger partial charge in [-0.1, -0.05) is 26.0 Å². The molecule has 0 saturated heterocycles. The number of rotatable bonds is 6. The summed E-state index contributed by atoms with van der Waals surface area (Å²) in [6.45, 7) is 5.03. The molecule has 0 aliphatic carbocycles. The Morgan fingerprint density at radius 2 is 1.90 bits per heavy atom. The fourth-order valence-corrected chi connectivity index (χ4v) is 7.22. The first kappa shape index (κ1) is 21.2. The van der Waals surface area contributed by atoms with Crippen LogP contribution >= 0.6 is 22.7 Å². The summed E-state index contributed by atoms with van der Waals surface area (Å²) in [6.07, 6.45) is 0.818. The number of nitrogens with zero attached hydrogens (tertiary/aromatic N) is 2. The van der Waals surface area contributed by atoms with Crippen LogP contribution in [0.15, 0.2) is 58.1 Å². The fourth-order valence-electron chi connectivity index (χ4n) is 3.96. The zero-order valence-corrected chi connectivity index (χ0v) is 19.4. The number of amides is 1. The number of hydrogen-bond acceptors (Lipinski definition) is 5. The van der Waals surface area contributed by atoms with E-state index in [1.54, 1.807) is 40.9 Å². The third-order valence-electron chi connectivity index (χ3n) is 5.46. The van der Waals surface area contributed by atoms with Crippen molar-refractivity contribution in [3.63, 3.8) is 0 Å². The molecule has 4 rings (SSSR count). The van der Waals surface area contributed by atoms with Crippen LogP contribution in [0.3, 0.4) is 0 Å². The highest BCUT2D eigenvalue weighted by Crippen LogP contribution is 2.40. The van der Waals surface area contributed by atoms with E-state index >= 15 is 0 Å². The number of fused-ring (bicyclic) bond motifs is 1. The van der Waals surface area contributed by atoms with Crippen molar-refractivity contribution in [3.05, 3.63) is 74.1 Å². The number of hydrogen-bond donors (Lipinski definition) is 0. The first-order valence-corrected chi connectivity index (χ1v) is 13.2. The van der Waals surface area contributed by atoms with Crippen LogP contribution < -0.4 is 0 Å². The maximum atomic E-state index is 13.6. The summed E-state index contributed by atoms with van der Waals surface area (Å²) in [6, 6.07) is 12.5. The SMILES string of the molecule is CCN(CC)S(=O)(=O)c1cccc(C(=O)N2CCc3sccc3[C@@H]2c2cccs2)c1. The summed E-state index contributed by atoms with van der Waals surface area (Å²) in [5, 5.41) is 4.10. The van der Waals surface area contributed by atoms with Crippen molar-refractivity contribution < 1.29 is 13.2 Å². The van der Waals surface area contributed by atoms with Gasteiger partial charge in [0, 0.05) is 35.0 Å². The molecule has 2 aromatic heterocycles. The lowest BCUT2D eigenvalue weighted by molar-refractivity contribution is 0.0698. The summed E-state index contributed by atoms with van der Waals surface area (Å²) in [7, 11) is -3.62. The van der Waals surface area contributed by atoms with Crippen LogP contribution in [0.25, 0.3) is 0 Å². The van der Waals surface area contributed by atoms with Crippen molar-refractivity contribution >= 4 is 38.6 Å². The third kappa shape index (κ3) is 3.73. The van der Waals surface area contributed by atoms with Crippen LogP contribution in [-0.2, 0) is 16.4 Å². The molecule has 0 unspecified atom stereocenters. The Labute approximate surface area is 185 Å². The quantitative estimate of drug-likeness (QED) is 0.539. The molecular weight excluding hydrogens is 436 g/mol. The van der Waals surface area contributed by atoms with Crippen LogP contribution in [0, 0.1) is 0 Å². The second-order valence-electron chi connectivity index (χ2n) is 7.08. The van der Waals surface area contributed by atoms with Crippen molar-refractivity contribution in [2.24, 2.45) is 0 Å². The zero-order chi connectivity index (χ0) is 21.3. The van der Waals surface area contributed by atoms with E-state index in [0.717, 1.165) is 11.3 Å². The average molecular weight is 461 g/mol. The van der Waals surface area contributed by atoms with Gasteiger partial charge in [-0.2, -0.15) is 4.31 Å². The molecule has 0 N–H and O–H groups in total. The molecule has 3 heterocycles. The molecule has 1 aromatic carbocycles.